The van der Waals surface area contributed by atoms with Gasteiger partial charge in [-0.05, 0) is 55.6 Å². The molecule has 2 aromatic rings. The van der Waals surface area contributed by atoms with Crippen molar-refractivity contribution in [1.82, 2.24) is 5.32 Å². The molecule has 0 saturated carbocycles. The van der Waals surface area contributed by atoms with Crippen LogP contribution in [0.3, 0.4) is 0 Å². The van der Waals surface area contributed by atoms with E-state index in [0.717, 1.165) is 11.1 Å². The van der Waals surface area contributed by atoms with Crippen LogP contribution in [0.25, 0.3) is 6.08 Å². The second-order valence-corrected chi connectivity index (χ2v) is 6.38. The molecule has 0 aliphatic carbocycles. The van der Waals surface area contributed by atoms with Gasteiger partial charge in [-0.25, -0.2) is 0 Å². The van der Waals surface area contributed by atoms with Crippen LogP contribution in [-0.4, -0.2) is 19.2 Å². The van der Waals surface area contributed by atoms with Gasteiger partial charge in [0.2, 0.25) is 0 Å². The average Bonchev–Trinajstić information content (AvgIpc) is 2.62. The second kappa shape index (κ2) is 10.8. The number of benzene rings is 2. The molecule has 1 radical (unpaired) electrons. The Morgan fingerprint density at radius 2 is 1.77 bits per heavy atom. The van der Waals surface area contributed by atoms with Crippen LogP contribution in [0.4, 0.5) is 0 Å². The third-order valence-corrected chi connectivity index (χ3v) is 4.48. The van der Waals surface area contributed by atoms with Gasteiger partial charge in [-0.3, -0.25) is 0 Å². The van der Waals surface area contributed by atoms with Crippen LogP contribution in [0.2, 0.25) is 0 Å². The summed E-state index contributed by atoms with van der Waals surface area (Å²) in [6.45, 7) is 7.00. The van der Waals surface area contributed by atoms with Crippen molar-refractivity contribution in [3.63, 3.8) is 0 Å². The summed E-state index contributed by atoms with van der Waals surface area (Å²) in [6, 6.07) is 11.2. The molecule has 0 bridgehead atoms. The number of hydrogen-bond acceptors (Lipinski definition) is 3. The van der Waals surface area contributed by atoms with Gasteiger partial charge in [0.05, 0.1) is 19.2 Å². The standard InChI is InChI=1S/C21H24NO2S.Y/c1-14-10-17(11-15(2)16(14)3)7-9-21(25)22-13-18-6-8-19(23-4)20(12-18)24-5;/h6-7,9-12H,13H2,1-5H3,(H,22,25);/q-1;/b9-7+;. The number of thiocarbonyl (C=S) groups is 1. The minimum atomic E-state index is 0. The topological polar surface area (TPSA) is 30.5 Å². The first-order valence-electron chi connectivity index (χ1n) is 8.11. The molecule has 0 saturated heterocycles. The van der Waals surface area contributed by atoms with Gasteiger partial charge in [0.15, 0.2) is 0 Å². The summed E-state index contributed by atoms with van der Waals surface area (Å²) >= 11 is 5.39. The number of hydrogen-bond donors (Lipinski definition) is 1. The zero-order valence-corrected chi connectivity index (χ0v) is 19.6. The molecule has 2 aromatic carbocycles. The minimum Gasteiger partial charge on any atom is -0.551 e. The molecule has 5 heteroatoms. The quantitative estimate of drug-likeness (QED) is 0.403. The predicted octanol–water partition coefficient (Wildman–Crippen LogP) is 4.56. The normalized spacial score (nSPS) is 10.3. The largest absolute Gasteiger partial charge is 0.551 e. The molecule has 0 aromatic heterocycles. The Balaban J connectivity index is 0.00000338. The fourth-order valence-corrected chi connectivity index (χ4v) is 2.64. The fourth-order valence-electron chi connectivity index (χ4n) is 2.50. The molecular weight excluding hydrogens is 419 g/mol. The molecule has 135 valence electrons. The number of ether oxygens (including phenoxy) is 2. The number of aryl methyl sites for hydroxylation is 2. The molecule has 0 heterocycles. The van der Waals surface area contributed by atoms with E-state index in [1.807, 2.05) is 24.3 Å². The Kier molecular flexibility index (Phi) is 9.49. The Bertz CT molecular complexity index is 780. The van der Waals surface area contributed by atoms with Crippen molar-refractivity contribution in [2.24, 2.45) is 0 Å². The summed E-state index contributed by atoms with van der Waals surface area (Å²) in [7, 11) is 3.21. The Hall–Kier alpha value is -1.23. The zero-order valence-electron chi connectivity index (χ0n) is 16.0. The first-order valence-corrected chi connectivity index (χ1v) is 8.51. The van der Waals surface area contributed by atoms with Crippen molar-refractivity contribution in [1.29, 1.82) is 0 Å². The van der Waals surface area contributed by atoms with Crippen molar-refractivity contribution >= 4 is 23.3 Å². The molecular formula is C21H24NO2SY-. The molecule has 3 nitrogen and oxygen atoms in total. The zero-order chi connectivity index (χ0) is 18.4. The number of nitrogens with one attached hydrogen (secondary N) is 1. The fraction of sp³-hybridized carbons (Fsp3) is 0.286. The molecule has 0 aliphatic rings. The van der Waals surface area contributed by atoms with Gasteiger partial charge in [0.1, 0.15) is 0 Å². The van der Waals surface area contributed by atoms with Gasteiger partial charge < -0.3 is 14.8 Å². The van der Waals surface area contributed by atoms with Gasteiger partial charge in [0.25, 0.3) is 0 Å². The van der Waals surface area contributed by atoms with E-state index in [1.54, 1.807) is 14.2 Å². The van der Waals surface area contributed by atoms with Gasteiger partial charge in [-0.1, -0.05) is 30.4 Å². The number of rotatable bonds is 6. The molecule has 1 N–H and O–H groups in total. The van der Waals surface area contributed by atoms with Crippen molar-refractivity contribution in [2.45, 2.75) is 27.3 Å². The summed E-state index contributed by atoms with van der Waals surface area (Å²) < 4.78 is 10.5. The monoisotopic (exact) mass is 443 g/mol. The van der Waals surface area contributed by atoms with Crippen molar-refractivity contribution in [3.8, 4) is 11.5 Å². The van der Waals surface area contributed by atoms with Crippen LogP contribution in [-0.2, 0) is 39.3 Å². The number of methoxy groups -OCH3 is 2. The van der Waals surface area contributed by atoms with E-state index in [0.29, 0.717) is 23.0 Å². The van der Waals surface area contributed by atoms with E-state index in [-0.39, 0.29) is 32.7 Å². The van der Waals surface area contributed by atoms with Crippen LogP contribution >= 0.6 is 12.2 Å². The molecule has 0 spiro atoms. The Labute approximate surface area is 187 Å². The van der Waals surface area contributed by atoms with E-state index in [9.17, 15) is 0 Å². The van der Waals surface area contributed by atoms with Crippen LogP contribution in [0.1, 0.15) is 27.8 Å². The maximum absolute atomic E-state index is 5.39. The summed E-state index contributed by atoms with van der Waals surface area (Å²) in [6.07, 6.45) is 3.96. The van der Waals surface area contributed by atoms with E-state index in [2.05, 4.69) is 44.3 Å². The van der Waals surface area contributed by atoms with Crippen LogP contribution < -0.4 is 14.8 Å². The van der Waals surface area contributed by atoms with E-state index in [4.69, 9.17) is 21.7 Å². The summed E-state index contributed by atoms with van der Waals surface area (Å²) in [5.41, 5.74) is 6.10. The summed E-state index contributed by atoms with van der Waals surface area (Å²) in [4.78, 5) is 0.686. The summed E-state index contributed by atoms with van der Waals surface area (Å²) in [5.74, 6) is 1.26. The van der Waals surface area contributed by atoms with Gasteiger partial charge in [-0.15, -0.1) is 17.7 Å². The van der Waals surface area contributed by atoms with Gasteiger partial charge >= 0.3 is 0 Å². The average molecular weight is 443 g/mol. The molecule has 0 aliphatic heterocycles. The molecule has 0 unspecified atom stereocenters. The molecule has 26 heavy (non-hydrogen) atoms. The SMILES string of the molecule is COc1[c-]cc(CNC(=S)/C=C/c2cc(C)c(C)c(C)c2)cc1OC.[Y]. The predicted molar refractivity (Wildman–Crippen MR) is 108 cm³/mol. The van der Waals surface area contributed by atoms with Gasteiger partial charge in [0, 0.05) is 44.2 Å². The first kappa shape index (κ1) is 22.8. The maximum atomic E-state index is 5.39. The van der Waals surface area contributed by atoms with E-state index in [1.165, 1.54) is 16.7 Å². The second-order valence-electron chi connectivity index (χ2n) is 5.94. The first-order chi connectivity index (χ1) is 11.9. The maximum Gasteiger partial charge on any atom is 0.0981 e. The van der Waals surface area contributed by atoms with E-state index >= 15 is 0 Å². The van der Waals surface area contributed by atoms with Gasteiger partial charge in [-0.2, -0.15) is 6.07 Å². The third-order valence-electron chi connectivity index (χ3n) is 4.20. The van der Waals surface area contributed by atoms with Crippen LogP contribution in [0.5, 0.6) is 11.5 Å². The van der Waals surface area contributed by atoms with Crippen LogP contribution in [0, 0.1) is 26.8 Å². The Morgan fingerprint density at radius 3 is 2.35 bits per heavy atom. The molecule has 0 amide bonds. The van der Waals surface area contributed by atoms with Crippen molar-refractivity contribution < 1.29 is 42.2 Å². The molecule has 0 fully saturated rings. The van der Waals surface area contributed by atoms with E-state index < -0.39 is 0 Å². The molecule has 2 rings (SSSR count). The smallest absolute Gasteiger partial charge is 0.0981 e. The molecule has 0 atom stereocenters. The Morgan fingerprint density at radius 1 is 1.12 bits per heavy atom. The minimum absolute atomic E-state index is 0. The third kappa shape index (κ3) is 6.19. The van der Waals surface area contributed by atoms with Crippen LogP contribution in [0.15, 0.2) is 30.3 Å². The summed E-state index contributed by atoms with van der Waals surface area (Å²) in [5, 5.41) is 3.23. The van der Waals surface area contributed by atoms with Crippen molar-refractivity contribution in [2.75, 3.05) is 14.2 Å². The van der Waals surface area contributed by atoms with Crippen molar-refractivity contribution in [3.05, 3.63) is 64.2 Å².